The van der Waals surface area contributed by atoms with E-state index in [0.29, 0.717) is 25.8 Å². The van der Waals surface area contributed by atoms with Gasteiger partial charge in [-0.15, -0.1) is 10.2 Å². The van der Waals surface area contributed by atoms with Crippen molar-refractivity contribution in [3.05, 3.63) is 36.2 Å². The highest BCUT2D eigenvalue weighted by Crippen LogP contribution is 2.23. The fourth-order valence-electron chi connectivity index (χ4n) is 2.89. The third-order valence-corrected chi connectivity index (χ3v) is 4.00. The van der Waals surface area contributed by atoms with E-state index in [4.69, 9.17) is 0 Å². The first-order chi connectivity index (χ1) is 11.4. The Labute approximate surface area is 136 Å². The molecule has 1 aliphatic heterocycles. The van der Waals surface area contributed by atoms with Crippen LogP contribution in [0.1, 0.15) is 25.1 Å². The van der Waals surface area contributed by atoms with Crippen molar-refractivity contribution in [3.63, 3.8) is 0 Å². The van der Waals surface area contributed by atoms with Crippen molar-refractivity contribution in [3.8, 4) is 11.4 Å². The van der Waals surface area contributed by atoms with Gasteiger partial charge in [0.15, 0.2) is 5.82 Å². The molecule has 0 saturated carbocycles. The molecule has 0 radical (unpaired) electrons. The molecule has 8 heteroatoms. The van der Waals surface area contributed by atoms with Crippen LogP contribution in [0.3, 0.4) is 0 Å². The SMILES string of the molecule is O=C(CC(F)(F)F)NC1CCc2nnc(-c3ccccc3)n2CC1. The quantitative estimate of drug-likeness (QED) is 0.936. The monoisotopic (exact) mass is 338 g/mol. The van der Waals surface area contributed by atoms with Crippen LogP contribution in [0.2, 0.25) is 0 Å². The van der Waals surface area contributed by atoms with Gasteiger partial charge in [0.25, 0.3) is 0 Å². The summed E-state index contributed by atoms with van der Waals surface area (Å²) in [6, 6.07) is 9.32. The van der Waals surface area contributed by atoms with Gasteiger partial charge in [0.1, 0.15) is 12.2 Å². The molecule has 1 amide bonds. The molecule has 1 atom stereocenters. The maximum atomic E-state index is 12.3. The lowest BCUT2D eigenvalue weighted by molar-refractivity contribution is -0.154. The highest BCUT2D eigenvalue weighted by atomic mass is 19.4. The van der Waals surface area contributed by atoms with Crippen LogP contribution in [0.5, 0.6) is 0 Å². The number of rotatable bonds is 3. The second-order valence-electron chi connectivity index (χ2n) is 5.84. The smallest absolute Gasteiger partial charge is 0.353 e. The summed E-state index contributed by atoms with van der Waals surface area (Å²) >= 11 is 0. The van der Waals surface area contributed by atoms with Crippen molar-refractivity contribution in [1.29, 1.82) is 0 Å². The van der Waals surface area contributed by atoms with Crippen LogP contribution in [-0.4, -0.2) is 32.9 Å². The van der Waals surface area contributed by atoms with Crippen LogP contribution < -0.4 is 5.32 Å². The van der Waals surface area contributed by atoms with Crippen molar-refractivity contribution in [2.45, 2.75) is 44.4 Å². The molecule has 1 aromatic carbocycles. The Morgan fingerprint density at radius 3 is 2.67 bits per heavy atom. The lowest BCUT2D eigenvalue weighted by Crippen LogP contribution is -2.37. The first-order valence-electron chi connectivity index (χ1n) is 7.76. The van der Waals surface area contributed by atoms with Gasteiger partial charge in [0.2, 0.25) is 5.91 Å². The second kappa shape index (κ2) is 6.62. The third-order valence-electron chi connectivity index (χ3n) is 4.00. The summed E-state index contributed by atoms with van der Waals surface area (Å²) in [5, 5.41) is 10.9. The van der Waals surface area contributed by atoms with Gasteiger partial charge in [-0.3, -0.25) is 4.79 Å². The molecule has 0 saturated heterocycles. The Morgan fingerprint density at radius 2 is 1.96 bits per heavy atom. The van der Waals surface area contributed by atoms with E-state index in [0.717, 1.165) is 17.2 Å². The van der Waals surface area contributed by atoms with Gasteiger partial charge in [-0.1, -0.05) is 30.3 Å². The Morgan fingerprint density at radius 1 is 1.21 bits per heavy atom. The highest BCUT2D eigenvalue weighted by molar-refractivity contribution is 5.76. The topological polar surface area (TPSA) is 59.8 Å². The van der Waals surface area contributed by atoms with Crippen LogP contribution in [0.25, 0.3) is 11.4 Å². The van der Waals surface area contributed by atoms with Gasteiger partial charge in [-0.05, 0) is 12.8 Å². The molecule has 3 rings (SSSR count). The number of alkyl halides is 3. The van der Waals surface area contributed by atoms with Crippen LogP contribution in [-0.2, 0) is 17.8 Å². The van der Waals surface area contributed by atoms with Crippen molar-refractivity contribution in [1.82, 2.24) is 20.1 Å². The van der Waals surface area contributed by atoms with E-state index >= 15 is 0 Å². The molecule has 0 fully saturated rings. The zero-order valence-corrected chi connectivity index (χ0v) is 12.9. The normalized spacial score (nSPS) is 17.9. The molecule has 2 aromatic rings. The van der Waals surface area contributed by atoms with Gasteiger partial charge < -0.3 is 9.88 Å². The molecule has 5 nitrogen and oxygen atoms in total. The van der Waals surface area contributed by atoms with Crippen LogP contribution in [0.15, 0.2) is 30.3 Å². The predicted octanol–water partition coefficient (Wildman–Crippen LogP) is 2.72. The van der Waals surface area contributed by atoms with E-state index < -0.39 is 18.5 Å². The second-order valence-corrected chi connectivity index (χ2v) is 5.84. The zero-order valence-electron chi connectivity index (χ0n) is 12.9. The minimum Gasteiger partial charge on any atom is -0.353 e. The average molecular weight is 338 g/mol. The summed E-state index contributed by atoms with van der Waals surface area (Å²) in [6.45, 7) is 0.559. The summed E-state index contributed by atoms with van der Waals surface area (Å²) in [5.41, 5.74) is 0.941. The van der Waals surface area contributed by atoms with E-state index in [1.54, 1.807) is 0 Å². The number of carbonyl (C=O) groups is 1. The number of fused-ring (bicyclic) bond motifs is 1. The fraction of sp³-hybridized carbons (Fsp3) is 0.438. The third kappa shape index (κ3) is 3.93. The standard InChI is InChI=1S/C16H17F3N4O/c17-16(18,19)10-14(24)20-12-6-7-13-21-22-15(23(13)9-8-12)11-4-2-1-3-5-11/h1-5,12H,6-10H2,(H,20,24). The molecule has 0 bridgehead atoms. The lowest BCUT2D eigenvalue weighted by Gasteiger charge is -2.17. The lowest BCUT2D eigenvalue weighted by atomic mass is 10.1. The van der Waals surface area contributed by atoms with Crippen molar-refractivity contribution < 1.29 is 18.0 Å². The van der Waals surface area contributed by atoms with Crippen molar-refractivity contribution in [2.75, 3.05) is 0 Å². The number of aromatic nitrogens is 3. The number of aryl methyl sites for hydroxylation is 1. The molecule has 24 heavy (non-hydrogen) atoms. The number of hydrogen-bond donors (Lipinski definition) is 1. The number of nitrogens with one attached hydrogen (secondary N) is 1. The Kier molecular flexibility index (Phi) is 4.55. The van der Waals surface area contributed by atoms with E-state index in [-0.39, 0.29) is 6.04 Å². The summed E-state index contributed by atoms with van der Waals surface area (Å²) < 4.78 is 38.8. The molecule has 1 N–H and O–H groups in total. The average Bonchev–Trinajstić information content (AvgIpc) is 2.82. The predicted molar refractivity (Wildman–Crippen MR) is 81.0 cm³/mol. The van der Waals surface area contributed by atoms with E-state index in [9.17, 15) is 18.0 Å². The molecular weight excluding hydrogens is 321 g/mol. The Balaban J connectivity index is 1.68. The maximum Gasteiger partial charge on any atom is 0.397 e. The minimum atomic E-state index is -4.48. The number of halogens is 3. The number of amides is 1. The Hall–Kier alpha value is -2.38. The van der Waals surface area contributed by atoms with E-state index in [1.165, 1.54) is 0 Å². The summed E-state index contributed by atoms with van der Waals surface area (Å²) in [7, 11) is 0. The highest BCUT2D eigenvalue weighted by Gasteiger charge is 2.32. The molecule has 0 aliphatic carbocycles. The van der Waals surface area contributed by atoms with Gasteiger partial charge in [-0.2, -0.15) is 13.2 Å². The minimum absolute atomic E-state index is 0.287. The van der Waals surface area contributed by atoms with E-state index in [1.807, 2.05) is 34.9 Å². The molecular formula is C16H17F3N4O. The van der Waals surface area contributed by atoms with Gasteiger partial charge in [0.05, 0.1) is 0 Å². The maximum absolute atomic E-state index is 12.3. The number of nitrogens with zero attached hydrogens (tertiary/aromatic N) is 3. The summed E-state index contributed by atoms with van der Waals surface area (Å²) in [4.78, 5) is 11.5. The molecule has 1 unspecified atom stereocenters. The largest absolute Gasteiger partial charge is 0.397 e. The van der Waals surface area contributed by atoms with Gasteiger partial charge >= 0.3 is 6.18 Å². The first-order valence-corrected chi connectivity index (χ1v) is 7.76. The molecule has 0 spiro atoms. The van der Waals surface area contributed by atoms with E-state index in [2.05, 4.69) is 15.5 Å². The number of hydrogen-bond acceptors (Lipinski definition) is 3. The summed E-state index contributed by atoms with van der Waals surface area (Å²) in [6.07, 6.45) is -4.25. The number of benzene rings is 1. The van der Waals surface area contributed by atoms with Gasteiger partial charge in [0, 0.05) is 24.6 Å². The Bertz CT molecular complexity index is 712. The zero-order chi connectivity index (χ0) is 17.2. The molecule has 1 aromatic heterocycles. The molecule has 2 heterocycles. The number of carbonyl (C=O) groups excluding carboxylic acids is 1. The van der Waals surface area contributed by atoms with Gasteiger partial charge in [-0.25, -0.2) is 0 Å². The fourth-order valence-corrected chi connectivity index (χ4v) is 2.89. The van der Waals surface area contributed by atoms with Crippen molar-refractivity contribution in [2.24, 2.45) is 0 Å². The van der Waals surface area contributed by atoms with Crippen LogP contribution in [0.4, 0.5) is 13.2 Å². The first kappa shape index (κ1) is 16.5. The summed E-state index contributed by atoms with van der Waals surface area (Å²) in [5.74, 6) is 0.558. The molecule has 128 valence electrons. The molecule has 1 aliphatic rings. The van der Waals surface area contributed by atoms with Crippen molar-refractivity contribution >= 4 is 5.91 Å². The van der Waals surface area contributed by atoms with Crippen LogP contribution >= 0.6 is 0 Å². The van der Waals surface area contributed by atoms with Crippen LogP contribution in [0, 0.1) is 0 Å².